The fraction of sp³-hybridized carbons (Fsp3) is 0.706. The summed E-state index contributed by atoms with van der Waals surface area (Å²) in [7, 11) is 5.40. The van der Waals surface area contributed by atoms with Crippen molar-refractivity contribution in [2.24, 2.45) is 0 Å². The first kappa shape index (κ1) is 55.8. The predicted molar refractivity (Wildman–Crippen MR) is 245 cm³/mol. The maximum Gasteiger partial charge on any atom is 0.306 e. The van der Waals surface area contributed by atoms with Gasteiger partial charge in [0.05, 0.1) is 40.3 Å². The van der Waals surface area contributed by atoms with Gasteiger partial charge in [-0.2, -0.15) is 0 Å². The van der Waals surface area contributed by atoms with Gasteiger partial charge in [0.2, 0.25) is 0 Å². The Morgan fingerprint density at radius 1 is 0.542 bits per heavy atom. The number of esters is 2. The molecule has 8 heteroatoms. The summed E-state index contributed by atoms with van der Waals surface area (Å²) in [5.74, 6) is -1.77. The van der Waals surface area contributed by atoms with E-state index in [0.717, 1.165) is 96.3 Å². The van der Waals surface area contributed by atoms with Crippen LogP contribution in [0.15, 0.2) is 72.9 Å². The fourth-order valence-electron chi connectivity index (χ4n) is 6.46. The van der Waals surface area contributed by atoms with Crippen molar-refractivity contribution in [3.8, 4) is 0 Å². The van der Waals surface area contributed by atoms with Gasteiger partial charge in [0, 0.05) is 19.3 Å². The summed E-state index contributed by atoms with van der Waals surface area (Å²) in [6.45, 7) is 4.49. The summed E-state index contributed by atoms with van der Waals surface area (Å²) in [6.07, 6.45) is 52.0. The maximum atomic E-state index is 12.8. The van der Waals surface area contributed by atoms with Crippen molar-refractivity contribution in [1.29, 1.82) is 0 Å². The van der Waals surface area contributed by atoms with Crippen LogP contribution in [-0.4, -0.2) is 75.5 Å². The Morgan fingerprint density at radius 2 is 1.00 bits per heavy atom. The molecule has 2 unspecified atom stereocenters. The normalized spacial score (nSPS) is 13.6. The Morgan fingerprint density at radius 3 is 1.51 bits per heavy atom. The Bertz CT molecular complexity index is 1190. The first-order chi connectivity index (χ1) is 28.6. The topological polar surface area (TPSA) is 102 Å². The molecule has 0 N–H and O–H groups in total. The average molecular weight is 826 g/mol. The minimum atomic E-state index is -1.13. The standard InChI is InChI=1S/C51H87NO7/c1-6-8-10-12-14-16-18-20-22-23-24-25-26-28-30-32-34-36-38-40-42-50(54)59-47(45-57-44-43-48(51(55)56)52(3,4)5)46-58-49(53)41-39-37-35-33-31-29-27-21-19-17-15-13-11-9-7-2/h8,10,14-17,19-22,24-25,47-48H,6-7,9,11-13,18,23,26-46H2,1-5H3/b10-8+,16-14+,17-15+,21-19+,22-20+,25-24+. The predicted octanol–water partition coefficient (Wildman–Crippen LogP) is 11.8. The molecule has 0 rings (SSSR count). The molecule has 0 heterocycles. The van der Waals surface area contributed by atoms with E-state index >= 15 is 0 Å². The number of quaternary nitrogens is 1. The number of ether oxygens (including phenoxy) is 3. The molecule has 8 nitrogen and oxygen atoms in total. The Labute approximate surface area is 361 Å². The monoisotopic (exact) mass is 826 g/mol. The largest absolute Gasteiger partial charge is 0.544 e. The molecule has 0 fully saturated rings. The number of hydrogen-bond donors (Lipinski definition) is 0. The number of aliphatic carboxylic acids is 1. The quantitative estimate of drug-likeness (QED) is 0.0199. The van der Waals surface area contributed by atoms with Crippen molar-refractivity contribution in [3.05, 3.63) is 72.9 Å². The van der Waals surface area contributed by atoms with Crippen LogP contribution in [0.4, 0.5) is 0 Å². The minimum absolute atomic E-state index is 0.0290. The smallest absolute Gasteiger partial charge is 0.306 e. The molecule has 2 atom stereocenters. The van der Waals surface area contributed by atoms with Crippen LogP contribution < -0.4 is 5.11 Å². The highest BCUT2D eigenvalue weighted by Crippen LogP contribution is 2.13. The molecule has 0 aliphatic heterocycles. The molecule has 0 saturated heterocycles. The molecule has 59 heavy (non-hydrogen) atoms. The molecule has 0 spiro atoms. The molecule has 0 aromatic carbocycles. The van der Waals surface area contributed by atoms with Gasteiger partial charge in [-0.05, 0) is 77.0 Å². The molecule has 0 aliphatic rings. The van der Waals surface area contributed by atoms with Crippen molar-refractivity contribution < 1.29 is 38.2 Å². The molecule has 0 saturated carbocycles. The molecular weight excluding hydrogens is 739 g/mol. The summed E-state index contributed by atoms with van der Waals surface area (Å²) >= 11 is 0. The summed E-state index contributed by atoms with van der Waals surface area (Å²) in [5.41, 5.74) is 0. The van der Waals surface area contributed by atoms with Crippen LogP contribution in [-0.2, 0) is 28.6 Å². The van der Waals surface area contributed by atoms with Gasteiger partial charge in [-0.25, -0.2) is 0 Å². The minimum Gasteiger partial charge on any atom is -0.544 e. The maximum absolute atomic E-state index is 12.8. The van der Waals surface area contributed by atoms with Gasteiger partial charge in [-0.1, -0.05) is 157 Å². The SMILES string of the molecule is CC/C=C/C/C=C/C/C=C/C/C=C/CCCCCCCCCC(=O)OC(COCCC(C(=O)[O-])[N+](C)(C)C)COC(=O)CCCCCCCC/C=C/C=C/CCCCC. The van der Waals surface area contributed by atoms with Crippen molar-refractivity contribution in [2.45, 2.75) is 193 Å². The molecule has 0 amide bonds. The second-order valence-corrected chi connectivity index (χ2v) is 16.6. The van der Waals surface area contributed by atoms with Crippen LogP contribution in [0.25, 0.3) is 0 Å². The number of carbonyl (C=O) groups excluding carboxylic acids is 3. The van der Waals surface area contributed by atoms with Gasteiger partial charge in [-0.15, -0.1) is 0 Å². The van der Waals surface area contributed by atoms with Crippen molar-refractivity contribution in [3.63, 3.8) is 0 Å². The lowest BCUT2D eigenvalue weighted by Crippen LogP contribution is -2.55. The van der Waals surface area contributed by atoms with Gasteiger partial charge >= 0.3 is 11.9 Å². The number of likely N-dealkylation sites (N-methyl/N-ethyl adjacent to an activating group) is 1. The zero-order valence-corrected chi connectivity index (χ0v) is 38.4. The Kier molecular flexibility index (Phi) is 39.2. The highest BCUT2D eigenvalue weighted by atomic mass is 16.6. The first-order valence-corrected chi connectivity index (χ1v) is 23.5. The first-order valence-electron chi connectivity index (χ1n) is 23.5. The number of unbranched alkanes of at least 4 members (excludes halogenated alkanes) is 16. The van der Waals surface area contributed by atoms with Gasteiger partial charge in [0.15, 0.2) is 6.10 Å². The lowest BCUT2D eigenvalue weighted by atomic mass is 10.1. The van der Waals surface area contributed by atoms with Crippen molar-refractivity contribution >= 4 is 17.9 Å². The zero-order chi connectivity index (χ0) is 43.5. The number of carbonyl (C=O) groups is 3. The van der Waals surface area contributed by atoms with E-state index in [4.69, 9.17) is 14.2 Å². The third-order valence-electron chi connectivity index (χ3n) is 10.1. The van der Waals surface area contributed by atoms with E-state index in [9.17, 15) is 19.5 Å². The van der Waals surface area contributed by atoms with Crippen molar-refractivity contribution in [1.82, 2.24) is 0 Å². The fourth-order valence-corrected chi connectivity index (χ4v) is 6.46. The van der Waals surface area contributed by atoms with Crippen molar-refractivity contribution in [2.75, 3.05) is 41.0 Å². The van der Waals surface area contributed by atoms with Crippen LogP contribution >= 0.6 is 0 Å². The van der Waals surface area contributed by atoms with E-state index in [2.05, 4.69) is 86.8 Å². The average Bonchev–Trinajstić information content (AvgIpc) is 3.19. The summed E-state index contributed by atoms with van der Waals surface area (Å²) < 4.78 is 17.2. The number of carboxylic acids is 1. The third kappa shape index (κ3) is 40.0. The van der Waals surface area contributed by atoms with E-state index in [1.54, 1.807) is 21.1 Å². The lowest BCUT2D eigenvalue weighted by molar-refractivity contribution is -0.889. The Hall–Kier alpha value is -3.23. The van der Waals surface area contributed by atoms with Gasteiger partial charge in [0.25, 0.3) is 0 Å². The summed E-state index contributed by atoms with van der Waals surface area (Å²) in [5, 5.41) is 11.6. The van der Waals surface area contributed by atoms with E-state index in [0.29, 0.717) is 12.8 Å². The zero-order valence-electron chi connectivity index (χ0n) is 38.4. The lowest BCUT2D eigenvalue weighted by Gasteiger charge is -2.34. The van der Waals surface area contributed by atoms with E-state index < -0.39 is 18.1 Å². The second-order valence-electron chi connectivity index (χ2n) is 16.6. The van der Waals surface area contributed by atoms with Crippen LogP contribution in [0.5, 0.6) is 0 Å². The number of carboxylic acid groups (broad SMARTS) is 1. The number of hydrogen-bond acceptors (Lipinski definition) is 7. The molecule has 338 valence electrons. The summed E-state index contributed by atoms with van der Waals surface area (Å²) in [6, 6.07) is -0.733. The van der Waals surface area contributed by atoms with Gasteiger partial charge < -0.3 is 28.6 Å². The highest BCUT2D eigenvalue weighted by molar-refractivity contribution is 5.70. The Balaban J connectivity index is 4.35. The van der Waals surface area contributed by atoms with Crippen LogP contribution in [0.1, 0.15) is 181 Å². The molecule has 0 aromatic heterocycles. The molecule has 0 aliphatic carbocycles. The van der Waals surface area contributed by atoms with Crippen LogP contribution in [0.3, 0.4) is 0 Å². The molecule has 0 bridgehead atoms. The molecule has 0 aromatic rings. The van der Waals surface area contributed by atoms with Gasteiger partial charge in [-0.3, -0.25) is 9.59 Å². The van der Waals surface area contributed by atoms with E-state index in [-0.39, 0.29) is 42.7 Å². The molecular formula is C51H87NO7. The van der Waals surface area contributed by atoms with Crippen LogP contribution in [0.2, 0.25) is 0 Å². The second kappa shape index (κ2) is 41.5. The number of allylic oxidation sites excluding steroid dienone is 12. The van der Waals surface area contributed by atoms with Gasteiger partial charge in [0.1, 0.15) is 12.6 Å². The van der Waals surface area contributed by atoms with Crippen LogP contribution in [0, 0.1) is 0 Å². The van der Waals surface area contributed by atoms with E-state index in [1.165, 1.54) is 51.4 Å². The molecule has 0 radical (unpaired) electrons. The third-order valence-corrected chi connectivity index (χ3v) is 10.1. The highest BCUT2D eigenvalue weighted by Gasteiger charge is 2.25. The van der Waals surface area contributed by atoms with E-state index in [1.807, 2.05) is 0 Å². The summed E-state index contributed by atoms with van der Waals surface area (Å²) in [4.78, 5) is 36.9. The number of nitrogens with zero attached hydrogens (tertiary/aromatic N) is 1. The number of rotatable bonds is 41.